The molecule has 0 atom stereocenters. The summed E-state index contributed by atoms with van der Waals surface area (Å²) in [6, 6.07) is 15.6. The molecule has 0 aliphatic rings. The zero-order valence-electron chi connectivity index (χ0n) is 12.3. The van der Waals surface area contributed by atoms with Gasteiger partial charge in [0.2, 0.25) is 5.91 Å². The topological polar surface area (TPSA) is 50.4 Å². The molecule has 2 aromatic carbocycles. The Balaban J connectivity index is 1.87. The maximum atomic E-state index is 11.9. The Labute approximate surface area is 125 Å². The predicted molar refractivity (Wildman–Crippen MR) is 85.5 cm³/mol. The zero-order chi connectivity index (χ0) is 15.1. The minimum Gasteiger partial charge on any atom is -0.380 e. The molecule has 0 spiro atoms. The van der Waals surface area contributed by atoms with E-state index >= 15 is 0 Å². The standard InChI is InChI=1S/C17H20N2O2/c1-13-5-3-8-16(9-13)19-17(20)11-18-15-7-4-6-14(10-15)12-21-2/h3-10,18H,11-12H2,1-2H3,(H,19,20). The van der Waals surface area contributed by atoms with E-state index in [0.29, 0.717) is 6.61 Å². The molecule has 0 radical (unpaired) electrons. The number of carbonyl (C=O) groups is 1. The van der Waals surface area contributed by atoms with E-state index < -0.39 is 0 Å². The van der Waals surface area contributed by atoms with Crippen molar-refractivity contribution in [3.05, 3.63) is 59.7 Å². The Kier molecular flexibility index (Phi) is 5.35. The highest BCUT2D eigenvalue weighted by atomic mass is 16.5. The molecule has 0 saturated heterocycles. The molecule has 0 aliphatic carbocycles. The van der Waals surface area contributed by atoms with Crippen LogP contribution in [0.25, 0.3) is 0 Å². The molecule has 0 aromatic heterocycles. The van der Waals surface area contributed by atoms with Gasteiger partial charge in [0, 0.05) is 18.5 Å². The van der Waals surface area contributed by atoms with Crippen molar-refractivity contribution >= 4 is 17.3 Å². The van der Waals surface area contributed by atoms with E-state index in [1.807, 2.05) is 55.5 Å². The first-order valence-corrected chi connectivity index (χ1v) is 6.85. The Morgan fingerprint density at radius 3 is 2.62 bits per heavy atom. The van der Waals surface area contributed by atoms with E-state index in [1.165, 1.54) is 0 Å². The normalized spacial score (nSPS) is 10.2. The first kappa shape index (κ1) is 15.1. The monoisotopic (exact) mass is 284 g/mol. The number of methoxy groups -OCH3 is 1. The number of hydrogen-bond donors (Lipinski definition) is 2. The maximum Gasteiger partial charge on any atom is 0.243 e. The molecule has 0 unspecified atom stereocenters. The molecule has 0 saturated carbocycles. The van der Waals surface area contributed by atoms with Crippen molar-refractivity contribution < 1.29 is 9.53 Å². The van der Waals surface area contributed by atoms with Crippen LogP contribution in [0, 0.1) is 6.92 Å². The van der Waals surface area contributed by atoms with Crippen molar-refractivity contribution in [1.82, 2.24) is 0 Å². The number of ether oxygens (including phenoxy) is 1. The molecule has 0 bridgehead atoms. The van der Waals surface area contributed by atoms with Gasteiger partial charge in [0.1, 0.15) is 0 Å². The summed E-state index contributed by atoms with van der Waals surface area (Å²) in [5.41, 5.74) is 3.91. The second kappa shape index (κ2) is 7.45. The number of rotatable bonds is 6. The summed E-state index contributed by atoms with van der Waals surface area (Å²) in [4.78, 5) is 11.9. The van der Waals surface area contributed by atoms with Crippen LogP contribution in [-0.4, -0.2) is 19.6 Å². The summed E-state index contributed by atoms with van der Waals surface area (Å²) in [6.07, 6.45) is 0. The van der Waals surface area contributed by atoms with Crippen LogP contribution in [0.5, 0.6) is 0 Å². The fourth-order valence-corrected chi connectivity index (χ4v) is 2.05. The van der Waals surface area contributed by atoms with Gasteiger partial charge in [-0.25, -0.2) is 0 Å². The molecular weight excluding hydrogens is 264 g/mol. The lowest BCUT2D eigenvalue weighted by atomic mass is 10.2. The highest BCUT2D eigenvalue weighted by molar-refractivity contribution is 5.93. The van der Waals surface area contributed by atoms with Gasteiger partial charge in [-0.15, -0.1) is 0 Å². The van der Waals surface area contributed by atoms with Crippen LogP contribution in [-0.2, 0) is 16.1 Å². The Hall–Kier alpha value is -2.33. The number of amides is 1. The molecule has 2 N–H and O–H groups in total. The third-order valence-corrected chi connectivity index (χ3v) is 2.99. The van der Waals surface area contributed by atoms with Gasteiger partial charge < -0.3 is 15.4 Å². The quantitative estimate of drug-likeness (QED) is 0.856. The van der Waals surface area contributed by atoms with Crippen LogP contribution in [0.3, 0.4) is 0 Å². The molecule has 4 nitrogen and oxygen atoms in total. The van der Waals surface area contributed by atoms with Gasteiger partial charge in [-0.05, 0) is 42.3 Å². The Bertz CT molecular complexity index is 611. The highest BCUT2D eigenvalue weighted by Gasteiger charge is 2.03. The minimum absolute atomic E-state index is 0.0715. The Morgan fingerprint density at radius 1 is 1.10 bits per heavy atom. The van der Waals surface area contributed by atoms with E-state index in [1.54, 1.807) is 7.11 Å². The van der Waals surface area contributed by atoms with Crippen molar-refractivity contribution in [1.29, 1.82) is 0 Å². The summed E-state index contributed by atoms with van der Waals surface area (Å²) in [6.45, 7) is 2.78. The molecule has 1 amide bonds. The van der Waals surface area contributed by atoms with Crippen LogP contribution in [0.1, 0.15) is 11.1 Å². The van der Waals surface area contributed by atoms with Gasteiger partial charge >= 0.3 is 0 Å². The first-order valence-electron chi connectivity index (χ1n) is 6.85. The highest BCUT2D eigenvalue weighted by Crippen LogP contribution is 2.12. The lowest BCUT2D eigenvalue weighted by molar-refractivity contribution is -0.114. The van der Waals surface area contributed by atoms with Crippen molar-refractivity contribution in [3.8, 4) is 0 Å². The van der Waals surface area contributed by atoms with E-state index in [2.05, 4.69) is 10.6 Å². The van der Waals surface area contributed by atoms with Crippen LogP contribution < -0.4 is 10.6 Å². The average Bonchev–Trinajstić information content (AvgIpc) is 2.46. The summed E-state index contributed by atoms with van der Waals surface area (Å²) in [7, 11) is 1.66. The van der Waals surface area contributed by atoms with Crippen LogP contribution in [0.4, 0.5) is 11.4 Å². The van der Waals surface area contributed by atoms with E-state index in [4.69, 9.17) is 4.74 Å². The summed E-state index contributed by atoms with van der Waals surface area (Å²) in [5.74, 6) is -0.0715. The zero-order valence-corrected chi connectivity index (χ0v) is 12.3. The van der Waals surface area contributed by atoms with Crippen molar-refractivity contribution in [2.75, 3.05) is 24.3 Å². The molecule has 2 rings (SSSR count). The summed E-state index contributed by atoms with van der Waals surface area (Å²) in [5, 5.41) is 5.98. The number of carbonyl (C=O) groups excluding carboxylic acids is 1. The van der Waals surface area contributed by atoms with Gasteiger partial charge in [-0.1, -0.05) is 24.3 Å². The van der Waals surface area contributed by atoms with Crippen LogP contribution in [0.2, 0.25) is 0 Å². The number of anilines is 2. The molecule has 0 fully saturated rings. The van der Waals surface area contributed by atoms with E-state index in [-0.39, 0.29) is 12.5 Å². The van der Waals surface area contributed by atoms with E-state index in [0.717, 1.165) is 22.5 Å². The average molecular weight is 284 g/mol. The van der Waals surface area contributed by atoms with Gasteiger partial charge in [0.05, 0.1) is 13.2 Å². The van der Waals surface area contributed by atoms with Crippen molar-refractivity contribution in [3.63, 3.8) is 0 Å². The van der Waals surface area contributed by atoms with Gasteiger partial charge in [-0.2, -0.15) is 0 Å². The third kappa shape index (κ3) is 4.93. The number of hydrogen-bond acceptors (Lipinski definition) is 3. The Morgan fingerprint density at radius 2 is 1.86 bits per heavy atom. The molecular formula is C17H20N2O2. The molecule has 4 heteroatoms. The lowest BCUT2D eigenvalue weighted by Crippen LogP contribution is -2.21. The molecule has 21 heavy (non-hydrogen) atoms. The lowest BCUT2D eigenvalue weighted by Gasteiger charge is -2.09. The van der Waals surface area contributed by atoms with Gasteiger partial charge in [-0.3, -0.25) is 4.79 Å². The second-order valence-electron chi connectivity index (χ2n) is 4.90. The minimum atomic E-state index is -0.0715. The van der Waals surface area contributed by atoms with Gasteiger partial charge in [0.25, 0.3) is 0 Å². The summed E-state index contributed by atoms with van der Waals surface area (Å²) >= 11 is 0. The largest absolute Gasteiger partial charge is 0.380 e. The van der Waals surface area contributed by atoms with Crippen LogP contribution in [0.15, 0.2) is 48.5 Å². The fourth-order valence-electron chi connectivity index (χ4n) is 2.05. The maximum absolute atomic E-state index is 11.9. The number of nitrogens with one attached hydrogen (secondary N) is 2. The molecule has 2 aromatic rings. The predicted octanol–water partition coefficient (Wildman–Crippen LogP) is 3.19. The molecule has 0 aliphatic heterocycles. The van der Waals surface area contributed by atoms with E-state index in [9.17, 15) is 4.79 Å². The number of benzene rings is 2. The summed E-state index contributed by atoms with van der Waals surface area (Å²) < 4.78 is 5.09. The smallest absolute Gasteiger partial charge is 0.243 e. The second-order valence-corrected chi connectivity index (χ2v) is 4.90. The van der Waals surface area contributed by atoms with Crippen molar-refractivity contribution in [2.45, 2.75) is 13.5 Å². The fraction of sp³-hybridized carbons (Fsp3) is 0.235. The van der Waals surface area contributed by atoms with Crippen LogP contribution >= 0.6 is 0 Å². The SMILES string of the molecule is COCc1cccc(NCC(=O)Nc2cccc(C)c2)c1. The first-order chi connectivity index (χ1) is 10.2. The number of aryl methyl sites for hydroxylation is 1. The van der Waals surface area contributed by atoms with Gasteiger partial charge in [0.15, 0.2) is 0 Å². The third-order valence-electron chi connectivity index (χ3n) is 2.99. The molecule has 0 heterocycles. The van der Waals surface area contributed by atoms with Crippen molar-refractivity contribution in [2.24, 2.45) is 0 Å². The molecule has 110 valence electrons.